The second kappa shape index (κ2) is 7.28. The Hall–Kier alpha value is -1.79. The Kier molecular flexibility index (Phi) is 5.41. The standard InChI is InChI=1S/C18H18BrNO/c1-13-14(5-4-8-18(13)21-2)9-10-16(12-20)15-6-3-7-17(19)11-15/h3-8,11,16H,9-10H2,1-2H3. The number of hydrogen-bond acceptors (Lipinski definition) is 2. The van der Waals surface area contributed by atoms with Gasteiger partial charge in [0.05, 0.1) is 19.1 Å². The molecule has 0 saturated heterocycles. The van der Waals surface area contributed by atoms with Gasteiger partial charge < -0.3 is 4.74 Å². The molecule has 0 aliphatic heterocycles. The first-order chi connectivity index (χ1) is 10.2. The molecule has 0 fully saturated rings. The van der Waals surface area contributed by atoms with Gasteiger partial charge in [-0.3, -0.25) is 0 Å². The summed E-state index contributed by atoms with van der Waals surface area (Å²) in [6.07, 6.45) is 1.68. The van der Waals surface area contributed by atoms with Crippen molar-refractivity contribution in [1.82, 2.24) is 0 Å². The molecule has 21 heavy (non-hydrogen) atoms. The number of halogens is 1. The third-order valence-corrected chi connectivity index (χ3v) is 4.22. The Morgan fingerprint density at radius 2 is 2.00 bits per heavy atom. The van der Waals surface area contributed by atoms with E-state index in [1.807, 2.05) is 36.4 Å². The highest BCUT2D eigenvalue weighted by molar-refractivity contribution is 9.10. The van der Waals surface area contributed by atoms with Crippen molar-refractivity contribution in [2.24, 2.45) is 0 Å². The number of ether oxygens (including phenoxy) is 1. The Morgan fingerprint density at radius 3 is 2.67 bits per heavy atom. The van der Waals surface area contributed by atoms with Crippen LogP contribution in [0.3, 0.4) is 0 Å². The fourth-order valence-electron chi connectivity index (χ4n) is 2.48. The van der Waals surface area contributed by atoms with Gasteiger partial charge in [0.1, 0.15) is 5.75 Å². The predicted octanol–water partition coefficient (Wildman–Crippen LogP) is 5.01. The Balaban J connectivity index is 2.13. The van der Waals surface area contributed by atoms with Crippen LogP contribution < -0.4 is 4.74 Å². The Labute approximate surface area is 134 Å². The van der Waals surface area contributed by atoms with Crippen molar-refractivity contribution in [2.75, 3.05) is 7.11 Å². The van der Waals surface area contributed by atoms with Crippen molar-refractivity contribution in [1.29, 1.82) is 5.26 Å². The van der Waals surface area contributed by atoms with Crippen molar-refractivity contribution in [2.45, 2.75) is 25.7 Å². The number of aryl methyl sites for hydroxylation is 1. The minimum absolute atomic E-state index is 0.0897. The molecule has 0 radical (unpaired) electrons. The molecule has 0 saturated carbocycles. The average Bonchev–Trinajstić information content (AvgIpc) is 2.49. The molecule has 2 rings (SSSR count). The molecule has 0 aromatic heterocycles. The molecule has 2 nitrogen and oxygen atoms in total. The maximum atomic E-state index is 9.43. The minimum Gasteiger partial charge on any atom is -0.496 e. The first-order valence-corrected chi connectivity index (χ1v) is 7.72. The van der Waals surface area contributed by atoms with Gasteiger partial charge in [-0.1, -0.05) is 40.2 Å². The maximum absolute atomic E-state index is 9.43. The van der Waals surface area contributed by atoms with E-state index in [-0.39, 0.29) is 5.92 Å². The highest BCUT2D eigenvalue weighted by Crippen LogP contribution is 2.27. The Morgan fingerprint density at radius 1 is 1.24 bits per heavy atom. The van der Waals surface area contributed by atoms with Crippen LogP contribution in [0.4, 0.5) is 0 Å². The van der Waals surface area contributed by atoms with Crippen molar-refractivity contribution in [3.8, 4) is 11.8 Å². The summed E-state index contributed by atoms with van der Waals surface area (Å²) >= 11 is 3.46. The topological polar surface area (TPSA) is 33.0 Å². The van der Waals surface area contributed by atoms with Gasteiger partial charge in [0.25, 0.3) is 0 Å². The second-order valence-corrected chi connectivity index (χ2v) is 5.94. The van der Waals surface area contributed by atoms with E-state index in [0.717, 1.165) is 34.2 Å². The van der Waals surface area contributed by atoms with Gasteiger partial charge in [-0.2, -0.15) is 5.26 Å². The summed E-state index contributed by atoms with van der Waals surface area (Å²) in [4.78, 5) is 0. The van der Waals surface area contributed by atoms with E-state index in [4.69, 9.17) is 4.74 Å². The van der Waals surface area contributed by atoms with Crippen LogP contribution >= 0.6 is 15.9 Å². The molecule has 0 aliphatic rings. The highest BCUT2D eigenvalue weighted by Gasteiger charge is 2.12. The molecule has 1 unspecified atom stereocenters. The number of methoxy groups -OCH3 is 1. The largest absolute Gasteiger partial charge is 0.496 e. The molecule has 0 N–H and O–H groups in total. The van der Waals surface area contributed by atoms with Crippen molar-refractivity contribution >= 4 is 15.9 Å². The average molecular weight is 344 g/mol. The zero-order chi connectivity index (χ0) is 15.2. The van der Waals surface area contributed by atoms with Gasteiger partial charge in [-0.15, -0.1) is 0 Å². The highest BCUT2D eigenvalue weighted by atomic mass is 79.9. The normalized spacial score (nSPS) is 11.7. The summed E-state index contributed by atoms with van der Waals surface area (Å²) in [7, 11) is 1.69. The molecule has 0 heterocycles. The van der Waals surface area contributed by atoms with E-state index in [1.165, 1.54) is 5.56 Å². The van der Waals surface area contributed by atoms with E-state index in [1.54, 1.807) is 7.11 Å². The van der Waals surface area contributed by atoms with Gasteiger partial charge in [0.2, 0.25) is 0 Å². The van der Waals surface area contributed by atoms with Crippen LogP contribution in [0.1, 0.15) is 29.0 Å². The SMILES string of the molecule is COc1cccc(CCC(C#N)c2cccc(Br)c2)c1C. The van der Waals surface area contributed by atoms with E-state index < -0.39 is 0 Å². The molecule has 3 heteroatoms. The van der Waals surface area contributed by atoms with Crippen LogP contribution in [-0.4, -0.2) is 7.11 Å². The molecule has 0 bridgehead atoms. The van der Waals surface area contributed by atoms with Gasteiger partial charge in [0.15, 0.2) is 0 Å². The first-order valence-electron chi connectivity index (χ1n) is 6.93. The van der Waals surface area contributed by atoms with E-state index in [2.05, 4.69) is 35.0 Å². The fraction of sp³-hybridized carbons (Fsp3) is 0.278. The number of nitrogens with zero attached hydrogens (tertiary/aromatic N) is 1. The lowest BCUT2D eigenvalue weighted by Crippen LogP contribution is -2.00. The lowest BCUT2D eigenvalue weighted by molar-refractivity contribution is 0.411. The lowest BCUT2D eigenvalue weighted by atomic mass is 9.92. The molecule has 0 aliphatic carbocycles. The summed E-state index contributed by atoms with van der Waals surface area (Å²) in [5.74, 6) is 0.816. The van der Waals surface area contributed by atoms with Crippen LogP contribution in [0.25, 0.3) is 0 Å². The molecule has 1 atom stereocenters. The lowest BCUT2D eigenvalue weighted by Gasteiger charge is -2.13. The van der Waals surface area contributed by atoms with Crippen LogP contribution in [0.2, 0.25) is 0 Å². The van der Waals surface area contributed by atoms with Gasteiger partial charge in [0, 0.05) is 4.47 Å². The van der Waals surface area contributed by atoms with Gasteiger partial charge >= 0.3 is 0 Å². The van der Waals surface area contributed by atoms with E-state index >= 15 is 0 Å². The smallest absolute Gasteiger partial charge is 0.122 e. The van der Waals surface area contributed by atoms with E-state index in [0.29, 0.717) is 0 Å². The first kappa shape index (κ1) is 15.6. The number of rotatable bonds is 5. The molecule has 0 amide bonds. The van der Waals surface area contributed by atoms with E-state index in [9.17, 15) is 5.26 Å². The van der Waals surface area contributed by atoms with Crippen LogP contribution in [0.15, 0.2) is 46.9 Å². The quantitative estimate of drug-likeness (QED) is 0.764. The third-order valence-electron chi connectivity index (χ3n) is 3.73. The van der Waals surface area contributed by atoms with Crippen LogP contribution in [-0.2, 0) is 6.42 Å². The Bertz CT molecular complexity index is 661. The summed E-state index contributed by atoms with van der Waals surface area (Å²) in [6.45, 7) is 2.06. The maximum Gasteiger partial charge on any atom is 0.122 e. The summed E-state index contributed by atoms with van der Waals surface area (Å²) in [5, 5.41) is 9.43. The molecular weight excluding hydrogens is 326 g/mol. The van der Waals surface area contributed by atoms with Crippen LogP contribution in [0, 0.1) is 18.3 Å². The van der Waals surface area contributed by atoms with Crippen molar-refractivity contribution < 1.29 is 4.74 Å². The summed E-state index contributed by atoms with van der Waals surface area (Å²) < 4.78 is 6.36. The van der Waals surface area contributed by atoms with Crippen molar-refractivity contribution in [3.05, 3.63) is 63.6 Å². The third kappa shape index (κ3) is 3.86. The predicted molar refractivity (Wildman–Crippen MR) is 88.5 cm³/mol. The minimum atomic E-state index is -0.0897. The molecule has 0 spiro atoms. The second-order valence-electron chi connectivity index (χ2n) is 5.02. The zero-order valence-corrected chi connectivity index (χ0v) is 13.9. The molecular formula is C18H18BrNO. The summed E-state index contributed by atoms with van der Waals surface area (Å²) in [5.41, 5.74) is 3.46. The van der Waals surface area contributed by atoms with Gasteiger partial charge in [-0.25, -0.2) is 0 Å². The number of nitriles is 1. The zero-order valence-electron chi connectivity index (χ0n) is 12.3. The summed E-state index contributed by atoms with van der Waals surface area (Å²) in [6, 6.07) is 16.5. The molecule has 108 valence electrons. The van der Waals surface area contributed by atoms with Crippen LogP contribution in [0.5, 0.6) is 5.75 Å². The molecule has 2 aromatic carbocycles. The fourth-order valence-corrected chi connectivity index (χ4v) is 2.90. The van der Waals surface area contributed by atoms with Crippen molar-refractivity contribution in [3.63, 3.8) is 0 Å². The number of benzene rings is 2. The van der Waals surface area contributed by atoms with Gasteiger partial charge in [-0.05, 0) is 54.7 Å². The molecule has 2 aromatic rings. The monoisotopic (exact) mass is 343 g/mol. The number of hydrogen-bond donors (Lipinski definition) is 0.